The van der Waals surface area contributed by atoms with Gasteiger partial charge in [-0.2, -0.15) is 0 Å². The minimum Gasteiger partial charge on any atom is -0.454 e. The molecule has 4 nitrogen and oxygen atoms in total. The fourth-order valence-corrected chi connectivity index (χ4v) is 2.88. The second-order valence-electron chi connectivity index (χ2n) is 5.90. The Morgan fingerprint density at radius 2 is 1.91 bits per heavy atom. The van der Waals surface area contributed by atoms with Crippen molar-refractivity contribution >= 4 is 12.0 Å². The average molecular weight is 313 g/mol. The molecule has 0 unspecified atom stereocenters. The lowest BCUT2D eigenvalue weighted by atomic mass is 10.1. The van der Waals surface area contributed by atoms with Crippen molar-refractivity contribution in [2.45, 2.75) is 32.6 Å². The average Bonchev–Trinajstić information content (AvgIpc) is 3.06. The SMILES string of the molecule is CCC(/C=C\C(=O)N1CCCCC1)=C\c1ccc2c(c1)OCO2. The predicted octanol–water partition coefficient (Wildman–Crippen LogP) is 3.78. The maximum atomic E-state index is 12.2. The zero-order chi connectivity index (χ0) is 16.1. The fraction of sp³-hybridized carbons (Fsp3) is 0.421. The summed E-state index contributed by atoms with van der Waals surface area (Å²) in [5.41, 5.74) is 2.18. The molecule has 0 bridgehead atoms. The highest BCUT2D eigenvalue weighted by molar-refractivity contribution is 5.88. The van der Waals surface area contributed by atoms with E-state index in [0.29, 0.717) is 0 Å². The number of carbonyl (C=O) groups excluding carboxylic acids is 1. The normalized spacial score (nSPS) is 17.8. The Balaban J connectivity index is 1.69. The van der Waals surface area contributed by atoms with Crippen molar-refractivity contribution in [3.8, 4) is 11.5 Å². The molecule has 4 heteroatoms. The van der Waals surface area contributed by atoms with Gasteiger partial charge in [-0.25, -0.2) is 0 Å². The summed E-state index contributed by atoms with van der Waals surface area (Å²) in [6.07, 6.45) is 10.1. The summed E-state index contributed by atoms with van der Waals surface area (Å²) in [4.78, 5) is 14.1. The zero-order valence-electron chi connectivity index (χ0n) is 13.6. The minimum absolute atomic E-state index is 0.120. The Labute approximate surface area is 137 Å². The molecule has 1 aromatic rings. The van der Waals surface area contributed by atoms with E-state index in [0.717, 1.165) is 55.0 Å². The Hall–Kier alpha value is -2.23. The van der Waals surface area contributed by atoms with Crippen LogP contribution in [0.3, 0.4) is 0 Å². The molecule has 1 aromatic carbocycles. The highest BCUT2D eigenvalue weighted by Gasteiger charge is 2.14. The number of nitrogens with zero attached hydrogens (tertiary/aromatic N) is 1. The first-order valence-electron chi connectivity index (χ1n) is 8.33. The molecule has 0 atom stereocenters. The number of hydrogen-bond acceptors (Lipinski definition) is 3. The first-order valence-corrected chi connectivity index (χ1v) is 8.33. The van der Waals surface area contributed by atoms with Gasteiger partial charge in [0.15, 0.2) is 11.5 Å². The molecule has 23 heavy (non-hydrogen) atoms. The maximum Gasteiger partial charge on any atom is 0.246 e. The molecular formula is C19H23NO3. The van der Waals surface area contributed by atoms with E-state index in [-0.39, 0.29) is 12.7 Å². The molecule has 1 fully saturated rings. The topological polar surface area (TPSA) is 38.8 Å². The molecule has 0 radical (unpaired) electrons. The van der Waals surface area contributed by atoms with Crippen LogP contribution in [0.2, 0.25) is 0 Å². The van der Waals surface area contributed by atoms with Crippen LogP contribution in [0.4, 0.5) is 0 Å². The molecule has 1 amide bonds. The molecule has 2 aliphatic rings. The summed E-state index contributed by atoms with van der Waals surface area (Å²) in [6, 6.07) is 5.89. The minimum atomic E-state index is 0.120. The summed E-state index contributed by atoms with van der Waals surface area (Å²) in [6.45, 7) is 4.15. The standard InChI is InChI=1S/C19H23NO3/c1-2-15(7-9-19(21)20-10-4-3-5-11-20)12-16-6-8-17-18(13-16)23-14-22-17/h6-9,12-13H,2-5,10-11,14H2,1H3/b9-7-,15-12+. The number of ether oxygens (including phenoxy) is 2. The summed E-state index contributed by atoms with van der Waals surface area (Å²) < 4.78 is 10.7. The number of hydrogen-bond donors (Lipinski definition) is 0. The van der Waals surface area contributed by atoms with E-state index >= 15 is 0 Å². The Bertz CT molecular complexity index is 628. The van der Waals surface area contributed by atoms with E-state index in [1.165, 1.54) is 6.42 Å². The Morgan fingerprint density at radius 1 is 1.13 bits per heavy atom. The van der Waals surface area contributed by atoms with Crippen LogP contribution in [0, 0.1) is 0 Å². The number of carbonyl (C=O) groups is 1. The van der Waals surface area contributed by atoms with Gasteiger partial charge >= 0.3 is 0 Å². The van der Waals surface area contributed by atoms with Crippen molar-refractivity contribution in [3.63, 3.8) is 0 Å². The van der Waals surface area contributed by atoms with Crippen molar-refractivity contribution in [2.24, 2.45) is 0 Å². The highest BCUT2D eigenvalue weighted by Crippen LogP contribution is 2.33. The van der Waals surface area contributed by atoms with Crippen LogP contribution in [0.25, 0.3) is 6.08 Å². The lowest BCUT2D eigenvalue weighted by Crippen LogP contribution is -2.34. The number of fused-ring (bicyclic) bond motifs is 1. The first kappa shape index (κ1) is 15.7. The van der Waals surface area contributed by atoms with Crippen molar-refractivity contribution in [1.82, 2.24) is 4.90 Å². The molecule has 2 aliphatic heterocycles. The third-order valence-corrected chi connectivity index (χ3v) is 4.26. The number of benzene rings is 1. The second kappa shape index (κ2) is 7.36. The smallest absolute Gasteiger partial charge is 0.246 e. The van der Waals surface area contributed by atoms with Crippen molar-refractivity contribution in [2.75, 3.05) is 19.9 Å². The number of amides is 1. The van der Waals surface area contributed by atoms with E-state index < -0.39 is 0 Å². The number of piperidine rings is 1. The van der Waals surface area contributed by atoms with E-state index in [1.807, 2.05) is 29.2 Å². The Kier molecular flexibility index (Phi) is 5.01. The monoisotopic (exact) mass is 313 g/mol. The van der Waals surface area contributed by atoms with E-state index in [2.05, 4.69) is 13.0 Å². The van der Waals surface area contributed by atoms with Gasteiger partial charge in [-0.1, -0.05) is 25.1 Å². The number of likely N-dealkylation sites (tertiary alicyclic amines) is 1. The Morgan fingerprint density at radius 3 is 2.70 bits per heavy atom. The van der Waals surface area contributed by atoms with Gasteiger partial charge in [0.2, 0.25) is 12.7 Å². The van der Waals surface area contributed by atoms with Crippen LogP contribution in [-0.2, 0) is 4.79 Å². The summed E-state index contributed by atoms with van der Waals surface area (Å²) in [7, 11) is 0. The fourth-order valence-electron chi connectivity index (χ4n) is 2.88. The molecule has 0 N–H and O–H groups in total. The lowest BCUT2D eigenvalue weighted by molar-refractivity contribution is -0.126. The lowest BCUT2D eigenvalue weighted by Gasteiger charge is -2.25. The van der Waals surface area contributed by atoms with Crippen LogP contribution < -0.4 is 9.47 Å². The molecule has 0 aliphatic carbocycles. The third-order valence-electron chi connectivity index (χ3n) is 4.26. The summed E-state index contributed by atoms with van der Waals surface area (Å²) >= 11 is 0. The van der Waals surface area contributed by atoms with Crippen molar-refractivity contribution in [3.05, 3.63) is 41.5 Å². The molecule has 1 saturated heterocycles. The van der Waals surface area contributed by atoms with Crippen molar-refractivity contribution < 1.29 is 14.3 Å². The molecule has 122 valence electrons. The highest BCUT2D eigenvalue weighted by atomic mass is 16.7. The summed E-state index contributed by atoms with van der Waals surface area (Å²) in [5, 5.41) is 0. The van der Waals surface area contributed by atoms with Gasteiger partial charge in [0.1, 0.15) is 0 Å². The van der Waals surface area contributed by atoms with Crippen LogP contribution in [0.15, 0.2) is 35.9 Å². The first-order chi connectivity index (χ1) is 11.3. The molecule has 3 rings (SSSR count). The van der Waals surface area contributed by atoms with E-state index in [9.17, 15) is 4.79 Å². The van der Waals surface area contributed by atoms with Gasteiger partial charge in [-0.3, -0.25) is 4.79 Å². The molecule has 0 saturated carbocycles. The van der Waals surface area contributed by atoms with Crippen LogP contribution in [0.1, 0.15) is 38.2 Å². The van der Waals surface area contributed by atoms with Gasteiger partial charge in [0.05, 0.1) is 0 Å². The quantitative estimate of drug-likeness (QED) is 0.627. The van der Waals surface area contributed by atoms with Gasteiger partial charge in [0, 0.05) is 19.2 Å². The van der Waals surface area contributed by atoms with Gasteiger partial charge in [-0.05, 0) is 49.0 Å². The van der Waals surface area contributed by atoms with Crippen molar-refractivity contribution in [1.29, 1.82) is 0 Å². The third kappa shape index (κ3) is 3.95. The molecule has 2 heterocycles. The van der Waals surface area contributed by atoms with E-state index in [4.69, 9.17) is 9.47 Å². The van der Waals surface area contributed by atoms with Crippen LogP contribution in [-0.4, -0.2) is 30.7 Å². The largest absolute Gasteiger partial charge is 0.454 e. The zero-order valence-corrected chi connectivity index (χ0v) is 13.6. The number of allylic oxidation sites excluding steroid dienone is 2. The molecular weight excluding hydrogens is 290 g/mol. The maximum absolute atomic E-state index is 12.2. The second-order valence-corrected chi connectivity index (χ2v) is 5.90. The summed E-state index contributed by atoms with van der Waals surface area (Å²) in [5.74, 6) is 1.69. The number of rotatable bonds is 4. The molecule has 0 aromatic heterocycles. The predicted molar refractivity (Wildman–Crippen MR) is 90.4 cm³/mol. The molecule has 0 spiro atoms. The van der Waals surface area contributed by atoms with Gasteiger partial charge in [-0.15, -0.1) is 0 Å². The van der Waals surface area contributed by atoms with Crippen LogP contribution >= 0.6 is 0 Å². The van der Waals surface area contributed by atoms with E-state index in [1.54, 1.807) is 6.08 Å². The van der Waals surface area contributed by atoms with Crippen LogP contribution in [0.5, 0.6) is 11.5 Å². The van der Waals surface area contributed by atoms with Gasteiger partial charge < -0.3 is 14.4 Å². The van der Waals surface area contributed by atoms with Gasteiger partial charge in [0.25, 0.3) is 0 Å².